The number of hydrogen-bond acceptors (Lipinski definition) is 6. The molecule has 1 N–H and O–H groups in total. The second-order valence-corrected chi connectivity index (χ2v) is 9.27. The fourth-order valence-corrected chi connectivity index (χ4v) is 5.09. The van der Waals surface area contributed by atoms with E-state index in [0.717, 1.165) is 59.8 Å². The number of rotatable bonds is 4. The van der Waals surface area contributed by atoms with Crippen molar-refractivity contribution >= 4 is 16.7 Å². The fourth-order valence-electron chi connectivity index (χ4n) is 5.09. The predicted molar refractivity (Wildman–Crippen MR) is 117 cm³/mol. The molecule has 1 aromatic carbocycles. The molecule has 0 radical (unpaired) electrons. The van der Waals surface area contributed by atoms with Crippen LogP contribution >= 0.6 is 0 Å². The van der Waals surface area contributed by atoms with Crippen molar-refractivity contribution in [2.24, 2.45) is 0 Å². The molecule has 3 fully saturated rings. The molecular weight excluding hydrogens is 376 g/mol. The van der Waals surface area contributed by atoms with Crippen molar-refractivity contribution in [3.8, 4) is 17.1 Å². The second kappa shape index (κ2) is 6.67. The van der Waals surface area contributed by atoms with Crippen LogP contribution in [0.2, 0.25) is 0 Å². The average molecular weight is 405 g/mol. The molecule has 3 aromatic rings. The lowest BCUT2D eigenvalue weighted by Crippen LogP contribution is -2.56. The van der Waals surface area contributed by atoms with Gasteiger partial charge >= 0.3 is 0 Å². The van der Waals surface area contributed by atoms with Crippen LogP contribution < -0.4 is 9.64 Å². The van der Waals surface area contributed by atoms with E-state index < -0.39 is 0 Å². The smallest absolute Gasteiger partial charge is 0.132 e. The third-order valence-corrected chi connectivity index (χ3v) is 7.13. The molecule has 2 unspecified atom stereocenters. The Morgan fingerprint density at radius 3 is 2.90 bits per heavy atom. The molecule has 1 aliphatic carbocycles. The van der Waals surface area contributed by atoms with Crippen molar-refractivity contribution in [2.45, 2.75) is 57.2 Å². The maximum atomic E-state index is 6.17. The number of aromatic nitrogens is 4. The predicted octanol–water partition coefficient (Wildman–Crippen LogP) is 3.62. The van der Waals surface area contributed by atoms with Gasteiger partial charge in [0.25, 0.3) is 0 Å². The quantitative estimate of drug-likeness (QED) is 0.716. The van der Waals surface area contributed by atoms with Crippen LogP contribution in [-0.4, -0.2) is 62.4 Å². The monoisotopic (exact) mass is 404 g/mol. The summed E-state index contributed by atoms with van der Waals surface area (Å²) in [4.78, 5) is 14.3. The Morgan fingerprint density at radius 2 is 2.03 bits per heavy atom. The van der Waals surface area contributed by atoms with Crippen LogP contribution in [0.4, 0.5) is 5.82 Å². The highest BCUT2D eigenvalue weighted by atomic mass is 16.5. The van der Waals surface area contributed by atoms with E-state index >= 15 is 0 Å². The van der Waals surface area contributed by atoms with Gasteiger partial charge < -0.3 is 9.64 Å². The summed E-state index contributed by atoms with van der Waals surface area (Å²) in [6.07, 6.45) is 6.49. The van der Waals surface area contributed by atoms with Crippen LogP contribution in [0.3, 0.4) is 0 Å². The van der Waals surface area contributed by atoms with Crippen molar-refractivity contribution in [1.29, 1.82) is 0 Å². The van der Waals surface area contributed by atoms with Gasteiger partial charge in [-0.15, -0.1) is 0 Å². The topological polar surface area (TPSA) is 70.2 Å². The van der Waals surface area contributed by atoms with Crippen molar-refractivity contribution in [3.63, 3.8) is 0 Å². The highest BCUT2D eigenvalue weighted by Gasteiger charge is 2.40. The Kier molecular flexibility index (Phi) is 4.03. The standard InChI is InChI=1S/C23H28N6O/c1-15-20-4-3-9-28(20)10-11-29(15)21-13-19(24-14-25-21)22-17-12-16(30-23(2)7-8-23)5-6-18(17)26-27-22/h5-6,12-15,20H,3-4,7-11H2,1-2H3,(H,26,27). The van der Waals surface area contributed by atoms with Gasteiger partial charge in [0, 0.05) is 36.6 Å². The maximum Gasteiger partial charge on any atom is 0.132 e. The lowest BCUT2D eigenvalue weighted by molar-refractivity contribution is 0.193. The lowest BCUT2D eigenvalue weighted by Gasteiger charge is -2.43. The largest absolute Gasteiger partial charge is 0.488 e. The molecule has 7 nitrogen and oxygen atoms in total. The molecule has 1 saturated carbocycles. The number of anilines is 1. The summed E-state index contributed by atoms with van der Waals surface area (Å²) in [5, 5.41) is 8.76. The summed E-state index contributed by atoms with van der Waals surface area (Å²) in [7, 11) is 0. The Balaban J connectivity index is 1.33. The third-order valence-electron chi connectivity index (χ3n) is 7.13. The van der Waals surface area contributed by atoms with Crippen molar-refractivity contribution < 1.29 is 4.74 Å². The Morgan fingerprint density at radius 1 is 1.13 bits per heavy atom. The second-order valence-electron chi connectivity index (χ2n) is 9.27. The maximum absolute atomic E-state index is 6.17. The highest BCUT2D eigenvalue weighted by Crippen LogP contribution is 2.40. The molecule has 0 bridgehead atoms. The fraction of sp³-hybridized carbons (Fsp3) is 0.522. The minimum atomic E-state index is -0.00180. The summed E-state index contributed by atoms with van der Waals surface area (Å²) in [5.74, 6) is 1.89. The zero-order valence-corrected chi connectivity index (χ0v) is 17.6. The van der Waals surface area contributed by atoms with Gasteiger partial charge in [0.15, 0.2) is 0 Å². The lowest BCUT2D eigenvalue weighted by atomic mass is 10.0. The number of nitrogens with one attached hydrogen (secondary N) is 1. The first kappa shape index (κ1) is 18.1. The molecule has 3 aliphatic rings. The third kappa shape index (κ3) is 3.03. The van der Waals surface area contributed by atoms with Crippen LogP contribution in [0.1, 0.15) is 39.5 Å². The summed E-state index contributed by atoms with van der Waals surface area (Å²) >= 11 is 0. The zero-order chi connectivity index (χ0) is 20.3. The van der Waals surface area contributed by atoms with E-state index in [1.165, 1.54) is 19.4 Å². The van der Waals surface area contributed by atoms with E-state index in [2.05, 4.69) is 55.9 Å². The number of nitrogens with zero attached hydrogens (tertiary/aromatic N) is 5. The van der Waals surface area contributed by atoms with Gasteiger partial charge in [0.05, 0.1) is 11.2 Å². The highest BCUT2D eigenvalue weighted by molar-refractivity contribution is 5.93. The Labute approximate surface area is 176 Å². The number of aromatic amines is 1. The van der Waals surface area contributed by atoms with Gasteiger partial charge in [-0.3, -0.25) is 10.00 Å². The number of hydrogen-bond donors (Lipinski definition) is 1. The Hall–Kier alpha value is -2.67. The van der Waals surface area contributed by atoms with Crippen molar-refractivity contribution in [3.05, 3.63) is 30.6 Å². The average Bonchev–Trinajstić information content (AvgIpc) is 3.16. The van der Waals surface area contributed by atoms with E-state index in [1.54, 1.807) is 6.33 Å². The Bertz CT molecular complexity index is 1090. The van der Waals surface area contributed by atoms with Crippen LogP contribution in [0.15, 0.2) is 30.6 Å². The van der Waals surface area contributed by atoms with Gasteiger partial charge in [0.1, 0.15) is 29.2 Å². The van der Waals surface area contributed by atoms with E-state index in [4.69, 9.17) is 4.74 Å². The van der Waals surface area contributed by atoms with E-state index in [1.807, 2.05) is 12.1 Å². The van der Waals surface area contributed by atoms with Crippen molar-refractivity contribution in [2.75, 3.05) is 24.5 Å². The molecule has 7 heteroatoms. The van der Waals surface area contributed by atoms with E-state index in [-0.39, 0.29) is 5.60 Å². The van der Waals surface area contributed by atoms with E-state index in [0.29, 0.717) is 12.1 Å². The van der Waals surface area contributed by atoms with Gasteiger partial charge in [0.2, 0.25) is 0 Å². The number of fused-ring (bicyclic) bond motifs is 2. The number of H-pyrrole nitrogens is 1. The molecule has 156 valence electrons. The van der Waals surface area contributed by atoms with Crippen LogP contribution in [-0.2, 0) is 0 Å². The first-order valence-corrected chi connectivity index (χ1v) is 11.1. The molecule has 0 amide bonds. The van der Waals surface area contributed by atoms with Crippen molar-refractivity contribution in [1.82, 2.24) is 25.1 Å². The molecule has 6 rings (SSSR count). The number of piperazine rings is 1. The molecule has 4 heterocycles. The van der Waals surface area contributed by atoms with Crippen LogP contribution in [0.25, 0.3) is 22.3 Å². The SMILES string of the molecule is CC1C2CCCN2CCN1c1cc(-c2n[nH]c3ccc(OC4(C)CC4)cc23)ncn1. The number of ether oxygens (including phenoxy) is 1. The minimum Gasteiger partial charge on any atom is -0.488 e. The first-order chi connectivity index (χ1) is 14.6. The molecule has 0 spiro atoms. The summed E-state index contributed by atoms with van der Waals surface area (Å²) < 4.78 is 6.17. The summed E-state index contributed by atoms with van der Waals surface area (Å²) in [6, 6.07) is 9.32. The van der Waals surface area contributed by atoms with E-state index in [9.17, 15) is 0 Å². The molecular formula is C23H28N6O. The first-order valence-electron chi connectivity index (χ1n) is 11.1. The summed E-state index contributed by atoms with van der Waals surface area (Å²) in [6.45, 7) is 7.84. The number of benzene rings is 1. The summed E-state index contributed by atoms with van der Waals surface area (Å²) in [5.41, 5.74) is 2.69. The van der Waals surface area contributed by atoms with Crippen LogP contribution in [0, 0.1) is 0 Å². The van der Waals surface area contributed by atoms with Gasteiger partial charge in [-0.2, -0.15) is 5.10 Å². The molecule has 2 aromatic heterocycles. The van der Waals surface area contributed by atoms with Crippen LogP contribution in [0.5, 0.6) is 5.75 Å². The molecule has 2 atom stereocenters. The molecule has 30 heavy (non-hydrogen) atoms. The van der Waals surface area contributed by atoms with Gasteiger partial charge in [-0.1, -0.05) is 0 Å². The molecule has 2 saturated heterocycles. The van der Waals surface area contributed by atoms with Gasteiger partial charge in [-0.25, -0.2) is 9.97 Å². The van der Waals surface area contributed by atoms with Gasteiger partial charge in [-0.05, 0) is 64.3 Å². The zero-order valence-electron chi connectivity index (χ0n) is 17.6. The molecule has 2 aliphatic heterocycles. The minimum absolute atomic E-state index is 0.00180. The normalized spacial score (nSPS) is 25.5.